The van der Waals surface area contributed by atoms with Crippen molar-refractivity contribution in [2.45, 2.75) is 32.9 Å². The van der Waals surface area contributed by atoms with E-state index in [0.717, 1.165) is 0 Å². The first-order valence-corrected chi connectivity index (χ1v) is 7.39. The lowest BCUT2D eigenvalue weighted by Gasteiger charge is -2.22. The first kappa shape index (κ1) is 16.7. The van der Waals surface area contributed by atoms with Crippen molar-refractivity contribution in [1.82, 2.24) is 15.6 Å². The summed E-state index contributed by atoms with van der Waals surface area (Å²) in [5.41, 5.74) is 1.27. The van der Waals surface area contributed by atoms with Crippen LogP contribution in [0.5, 0.6) is 0 Å². The van der Waals surface area contributed by atoms with Crippen molar-refractivity contribution in [2.24, 2.45) is 0 Å². The zero-order chi connectivity index (χ0) is 17.0. The molecule has 3 N–H and O–H groups in total. The minimum atomic E-state index is -0.346. The fraction of sp³-hybridized carbons (Fsp3) is 0.294. The van der Waals surface area contributed by atoms with E-state index >= 15 is 0 Å². The highest BCUT2D eigenvalue weighted by Crippen LogP contribution is 2.09. The largest absolute Gasteiger partial charge is 0.357 e. The molecule has 1 aromatic heterocycles. The summed E-state index contributed by atoms with van der Waals surface area (Å²) >= 11 is 0. The second-order valence-electron chi connectivity index (χ2n) is 5.57. The summed E-state index contributed by atoms with van der Waals surface area (Å²) in [5.74, 6) is -0.885. The van der Waals surface area contributed by atoms with E-state index in [1.807, 2.05) is 6.92 Å². The van der Waals surface area contributed by atoms with Crippen LogP contribution in [0.4, 0.5) is 4.39 Å². The third kappa shape index (κ3) is 4.18. The molecule has 2 rings (SSSR count). The smallest absolute Gasteiger partial charge is 0.267 e. The van der Waals surface area contributed by atoms with Crippen LogP contribution in [-0.4, -0.2) is 28.9 Å². The molecule has 2 atom stereocenters. The Morgan fingerprint density at radius 3 is 2.30 bits per heavy atom. The average molecular weight is 317 g/mol. The number of carbonyl (C=O) groups is 2. The molecular formula is C17H20FN3O2. The second-order valence-corrected chi connectivity index (χ2v) is 5.57. The highest BCUT2D eigenvalue weighted by atomic mass is 19.1. The van der Waals surface area contributed by atoms with Crippen LogP contribution in [0.25, 0.3) is 0 Å². The van der Waals surface area contributed by atoms with Crippen molar-refractivity contribution in [3.63, 3.8) is 0 Å². The van der Waals surface area contributed by atoms with Crippen LogP contribution in [0.15, 0.2) is 36.5 Å². The molecule has 1 heterocycles. The van der Waals surface area contributed by atoms with Crippen molar-refractivity contribution < 1.29 is 14.0 Å². The zero-order valence-corrected chi connectivity index (χ0v) is 13.3. The molecule has 0 aliphatic heterocycles. The zero-order valence-electron chi connectivity index (χ0n) is 13.3. The number of aryl methyl sites for hydroxylation is 1. The van der Waals surface area contributed by atoms with Gasteiger partial charge in [-0.1, -0.05) is 0 Å². The van der Waals surface area contributed by atoms with E-state index in [1.54, 1.807) is 32.2 Å². The van der Waals surface area contributed by atoms with E-state index in [2.05, 4.69) is 15.6 Å². The Morgan fingerprint density at radius 1 is 1.09 bits per heavy atom. The van der Waals surface area contributed by atoms with Crippen LogP contribution < -0.4 is 10.6 Å². The molecule has 0 bridgehead atoms. The maximum atomic E-state index is 13.2. The highest BCUT2D eigenvalue weighted by molar-refractivity contribution is 5.95. The van der Waals surface area contributed by atoms with E-state index in [-0.39, 0.29) is 29.7 Å². The first-order chi connectivity index (χ1) is 10.9. The van der Waals surface area contributed by atoms with Gasteiger partial charge < -0.3 is 15.6 Å². The number of amides is 2. The minimum absolute atomic E-state index is 0.235. The van der Waals surface area contributed by atoms with Gasteiger partial charge in [0.05, 0.1) is 0 Å². The Hall–Kier alpha value is -2.63. The standard InChI is InChI=1S/C17H20FN3O2/c1-10-9-13(6-7-14(10)18)16(22)20-11(2)12(3)21-17(23)15-5-4-8-19-15/h4-9,11-12,19H,1-3H3,(H,20,22)(H,21,23). The van der Waals surface area contributed by atoms with E-state index < -0.39 is 0 Å². The molecule has 0 spiro atoms. The number of nitrogens with one attached hydrogen (secondary N) is 3. The Bertz CT molecular complexity index is 698. The van der Waals surface area contributed by atoms with E-state index in [0.29, 0.717) is 16.8 Å². The second kappa shape index (κ2) is 7.09. The topological polar surface area (TPSA) is 74.0 Å². The minimum Gasteiger partial charge on any atom is -0.357 e. The molecule has 0 aliphatic carbocycles. The number of aromatic nitrogens is 1. The van der Waals surface area contributed by atoms with Crippen LogP contribution in [0, 0.1) is 12.7 Å². The molecule has 5 nitrogen and oxygen atoms in total. The lowest BCUT2D eigenvalue weighted by atomic mass is 10.1. The van der Waals surface area contributed by atoms with Gasteiger partial charge in [0, 0.05) is 23.8 Å². The molecule has 2 amide bonds. The molecule has 1 aromatic carbocycles. The van der Waals surface area contributed by atoms with Crippen molar-refractivity contribution in [3.05, 3.63) is 59.2 Å². The van der Waals surface area contributed by atoms with Gasteiger partial charge in [0.2, 0.25) is 0 Å². The van der Waals surface area contributed by atoms with Crippen molar-refractivity contribution in [2.75, 3.05) is 0 Å². The van der Waals surface area contributed by atoms with E-state index in [1.165, 1.54) is 18.2 Å². The lowest BCUT2D eigenvalue weighted by molar-refractivity contribution is 0.0889. The van der Waals surface area contributed by atoms with Crippen molar-refractivity contribution in [3.8, 4) is 0 Å². The summed E-state index contributed by atoms with van der Waals surface area (Å²) in [4.78, 5) is 27.0. The van der Waals surface area contributed by atoms with Gasteiger partial charge in [0.25, 0.3) is 11.8 Å². The number of benzene rings is 1. The van der Waals surface area contributed by atoms with Gasteiger partial charge >= 0.3 is 0 Å². The predicted molar refractivity (Wildman–Crippen MR) is 85.8 cm³/mol. The summed E-state index contributed by atoms with van der Waals surface area (Å²) in [5, 5.41) is 5.62. The van der Waals surface area contributed by atoms with E-state index in [4.69, 9.17) is 0 Å². The molecule has 6 heteroatoms. The van der Waals surface area contributed by atoms with Gasteiger partial charge in [-0.15, -0.1) is 0 Å². The number of H-pyrrole nitrogens is 1. The predicted octanol–water partition coefficient (Wildman–Crippen LogP) is 2.40. The number of hydrogen-bond donors (Lipinski definition) is 3. The quantitative estimate of drug-likeness (QED) is 0.792. The molecule has 0 aliphatic rings. The van der Waals surface area contributed by atoms with Crippen LogP contribution in [0.3, 0.4) is 0 Å². The van der Waals surface area contributed by atoms with Crippen LogP contribution in [0.2, 0.25) is 0 Å². The summed E-state index contributed by atoms with van der Waals surface area (Å²) in [6, 6.07) is 7.06. The van der Waals surface area contributed by atoms with Crippen LogP contribution in [0.1, 0.15) is 40.3 Å². The van der Waals surface area contributed by atoms with Crippen LogP contribution >= 0.6 is 0 Å². The Balaban J connectivity index is 1.94. The SMILES string of the molecule is Cc1cc(C(=O)NC(C)C(C)NC(=O)c2ccc[nH]2)ccc1F. The number of aromatic amines is 1. The van der Waals surface area contributed by atoms with Gasteiger partial charge in [-0.2, -0.15) is 0 Å². The molecule has 122 valence electrons. The highest BCUT2D eigenvalue weighted by Gasteiger charge is 2.19. The molecule has 0 saturated carbocycles. The normalized spacial score (nSPS) is 13.2. The number of hydrogen-bond acceptors (Lipinski definition) is 2. The third-order valence-corrected chi connectivity index (χ3v) is 3.73. The number of halogens is 1. The Morgan fingerprint density at radius 2 is 1.74 bits per heavy atom. The van der Waals surface area contributed by atoms with Gasteiger partial charge in [0.15, 0.2) is 0 Å². The molecule has 2 unspecified atom stereocenters. The molecular weight excluding hydrogens is 297 g/mol. The fourth-order valence-electron chi connectivity index (χ4n) is 2.08. The first-order valence-electron chi connectivity index (χ1n) is 7.39. The van der Waals surface area contributed by atoms with Crippen molar-refractivity contribution >= 4 is 11.8 Å². The molecule has 23 heavy (non-hydrogen) atoms. The maximum Gasteiger partial charge on any atom is 0.267 e. The van der Waals surface area contributed by atoms with Gasteiger partial charge in [-0.3, -0.25) is 9.59 Å². The maximum absolute atomic E-state index is 13.2. The molecule has 0 saturated heterocycles. The van der Waals surface area contributed by atoms with E-state index in [9.17, 15) is 14.0 Å². The molecule has 0 radical (unpaired) electrons. The van der Waals surface area contributed by atoms with Gasteiger partial charge in [-0.05, 0) is 56.7 Å². The lowest BCUT2D eigenvalue weighted by Crippen LogP contribution is -2.48. The number of rotatable bonds is 5. The monoisotopic (exact) mass is 317 g/mol. The summed E-state index contributed by atoms with van der Waals surface area (Å²) in [6.07, 6.45) is 1.67. The summed E-state index contributed by atoms with van der Waals surface area (Å²) < 4.78 is 13.2. The van der Waals surface area contributed by atoms with Crippen molar-refractivity contribution in [1.29, 1.82) is 0 Å². The Labute approximate surface area is 134 Å². The molecule has 0 fully saturated rings. The summed E-state index contributed by atoms with van der Waals surface area (Å²) in [7, 11) is 0. The summed E-state index contributed by atoms with van der Waals surface area (Å²) in [6.45, 7) is 5.21. The number of carbonyl (C=O) groups excluding carboxylic acids is 2. The van der Waals surface area contributed by atoms with Gasteiger partial charge in [-0.25, -0.2) is 4.39 Å². The Kier molecular flexibility index (Phi) is 5.16. The van der Waals surface area contributed by atoms with Gasteiger partial charge in [0.1, 0.15) is 11.5 Å². The van der Waals surface area contributed by atoms with Crippen LogP contribution in [-0.2, 0) is 0 Å². The third-order valence-electron chi connectivity index (χ3n) is 3.73. The fourth-order valence-corrected chi connectivity index (χ4v) is 2.08. The average Bonchev–Trinajstić information content (AvgIpc) is 3.04. The molecule has 2 aromatic rings.